The monoisotopic (exact) mass is 755 g/mol. The van der Waals surface area contributed by atoms with E-state index in [1.807, 2.05) is 36.7 Å². The molecular weight excluding hydrogens is 711 g/mol. The van der Waals surface area contributed by atoms with Crippen LogP contribution in [0.3, 0.4) is 0 Å². The molecule has 4 aromatic rings. The van der Waals surface area contributed by atoms with Gasteiger partial charge in [-0.15, -0.1) is 0 Å². The smallest absolute Gasteiger partial charge is 0.255 e. The second-order valence-electron chi connectivity index (χ2n) is 16.0. The van der Waals surface area contributed by atoms with E-state index in [0.717, 1.165) is 86.2 Å². The van der Waals surface area contributed by atoms with Crippen LogP contribution in [0, 0.1) is 5.92 Å². The maximum Gasteiger partial charge on any atom is 0.255 e. The summed E-state index contributed by atoms with van der Waals surface area (Å²) in [6.45, 7) is 7.00. The number of carbonyl (C=O) groups is 3. The molecule has 13 nitrogen and oxygen atoms in total. The predicted octanol–water partition coefficient (Wildman–Crippen LogP) is 4.05. The van der Waals surface area contributed by atoms with Crippen LogP contribution in [0.1, 0.15) is 70.1 Å². The zero-order valence-electron chi connectivity index (χ0n) is 31.2. The molecule has 56 heavy (non-hydrogen) atoms. The molecule has 3 fully saturated rings. The van der Waals surface area contributed by atoms with Crippen LogP contribution in [0.25, 0.3) is 0 Å². The summed E-state index contributed by atoms with van der Waals surface area (Å²) in [6.07, 6.45) is 6.67. The number of aromatic hydroxyl groups is 1. The fraction of sp³-hybridized carbons (Fsp3) is 0.419. The Balaban J connectivity index is 0.758. The Kier molecular flexibility index (Phi) is 8.76. The van der Waals surface area contributed by atoms with Crippen LogP contribution in [0.2, 0.25) is 0 Å². The summed E-state index contributed by atoms with van der Waals surface area (Å²) in [5, 5.41) is 12.5. The Hall–Kier alpha value is -5.69. The number of anilines is 2. The van der Waals surface area contributed by atoms with Gasteiger partial charge >= 0.3 is 0 Å². The molecule has 3 saturated heterocycles. The van der Waals surface area contributed by atoms with Gasteiger partial charge in [-0.25, -0.2) is 9.97 Å². The summed E-state index contributed by atoms with van der Waals surface area (Å²) in [6, 6.07) is 19.3. The van der Waals surface area contributed by atoms with Gasteiger partial charge in [0.15, 0.2) is 0 Å². The van der Waals surface area contributed by atoms with E-state index in [-0.39, 0.29) is 41.9 Å². The molecule has 6 aliphatic heterocycles. The molecule has 0 bridgehead atoms. The maximum absolute atomic E-state index is 13.4. The molecule has 3 aromatic carbocycles. The van der Waals surface area contributed by atoms with Crippen molar-refractivity contribution in [2.45, 2.75) is 56.1 Å². The van der Waals surface area contributed by atoms with Gasteiger partial charge in [0, 0.05) is 92.7 Å². The number of hydrogen-bond donors (Lipinski definition) is 2. The highest BCUT2D eigenvalue weighted by Gasteiger charge is 2.43. The zero-order valence-corrected chi connectivity index (χ0v) is 31.2. The third kappa shape index (κ3) is 6.18. The minimum absolute atomic E-state index is 0.00501. The normalized spacial score (nSPS) is 25.1. The molecule has 6 aliphatic rings. The Morgan fingerprint density at radius 1 is 0.839 bits per heavy atom. The number of hydrogen-bond acceptors (Lipinski definition) is 11. The lowest BCUT2D eigenvalue weighted by Crippen LogP contribution is -2.58. The Bertz CT molecular complexity index is 2180. The number of carbonyl (C=O) groups excluding carboxylic acids is 3. The van der Waals surface area contributed by atoms with Gasteiger partial charge in [0.2, 0.25) is 17.8 Å². The first-order chi connectivity index (χ1) is 27.4. The topological polar surface area (TPSA) is 141 Å². The van der Waals surface area contributed by atoms with Crippen molar-refractivity contribution in [2.24, 2.45) is 5.92 Å². The molecule has 3 amide bonds. The number of rotatable bonds is 6. The summed E-state index contributed by atoms with van der Waals surface area (Å²) < 4.78 is 12.6. The van der Waals surface area contributed by atoms with Gasteiger partial charge in [-0.05, 0) is 54.5 Å². The van der Waals surface area contributed by atoms with Crippen molar-refractivity contribution in [3.8, 4) is 17.2 Å². The lowest BCUT2D eigenvalue weighted by molar-refractivity contribution is -0.136. The first kappa shape index (κ1) is 34.8. The average molecular weight is 756 g/mol. The Morgan fingerprint density at radius 2 is 1.66 bits per heavy atom. The van der Waals surface area contributed by atoms with Gasteiger partial charge in [0.1, 0.15) is 29.9 Å². The second kappa shape index (κ2) is 14.1. The molecule has 288 valence electrons. The van der Waals surface area contributed by atoms with Gasteiger partial charge in [-0.1, -0.05) is 36.4 Å². The van der Waals surface area contributed by atoms with Crippen LogP contribution >= 0.6 is 0 Å². The lowest BCUT2D eigenvalue weighted by atomic mass is 9.76. The SMILES string of the molecule is O=C1CCC(N2Cc3c(ccc4c3OC[C@H]3CN(CC5CCN(c6ncc([C@H]7c8ccc(O)cc8OC[C@H]7c7ccccc7)cn6)CC5)CCN43)C2=O)C(=O)N1. The highest BCUT2D eigenvalue weighted by Crippen LogP contribution is 2.47. The minimum atomic E-state index is -0.644. The van der Waals surface area contributed by atoms with Crippen molar-refractivity contribution in [1.82, 2.24) is 25.1 Å². The number of ether oxygens (including phenoxy) is 2. The molecule has 4 atom stereocenters. The van der Waals surface area contributed by atoms with E-state index in [4.69, 9.17) is 19.4 Å². The van der Waals surface area contributed by atoms with Crippen LogP contribution in [0.15, 0.2) is 73.1 Å². The third-order valence-electron chi connectivity index (χ3n) is 12.8. The molecule has 10 rings (SSSR count). The van der Waals surface area contributed by atoms with E-state index in [0.29, 0.717) is 43.4 Å². The highest BCUT2D eigenvalue weighted by atomic mass is 16.5. The summed E-state index contributed by atoms with van der Waals surface area (Å²) in [5.41, 5.74) is 5.71. The molecule has 0 aliphatic carbocycles. The number of piperidine rings is 2. The molecule has 7 heterocycles. The largest absolute Gasteiger partial charge is 0.508 e. The maximum atomic E-state index is 13.4. The molecule has 0 saturated carbocycles. The summed E-state index contributed by atoms with van der Waals surface area (Å²) in [5.74, 6) is 2.24. The number of benzene rings is 3. The highest BCUT2D eigenvalue weighted by molar-refractivity contribution is 6.06. The third-order valence-corrected chi connectivity index (χ3v) is 12.8. The molecule has 0 radical (unpaired) electrons. The van der Waals surface area contributed by atoms with Crippen LogP contribution in [-0.2, 0) is 16.1 Å². The van der Waals surface area contributed by atoms with Gasteiger partial charge in [0.05, 0.1) is 24.9 Å². The molecule has 0 spiro atoms. The quantitative estimate of drug-likeness (QED) is 0.276. The Labute approximate surface area is 325 Å². The number of phenolic OH excluding ortho intramolecular Hbond substituents is 1. The molecular formula is C43H45N7O6. The van der Waals surface area contributed by atoms with E-state index in [1.54, 1.807) is 17.0 Å². The van der Waals surface area contributed by atoms with Gasteiger partial charge in [0.25, 0.3) is 5.91 Å². The Morgan fingerprint density at radius 3 is 2.46 bits per heavy atom. The van der Waals surface area contributed by atoms with Crippen LogP contribution < -0.4 is 24.6 Å². The number of phenols is 1. The van der Waals surface area contributed by atoms with Crippen molar-refractivity contribution < 1.29 is 29.0 Å². The van der Waals surface area contributed by atoms with Crippen molar-refractivity contribution in [3.05, 3.63) is 101 Å². The first-order valence-corrected chi connectivity index (χ1v) is 19.9. The standard InChI is InChI=1S/C43H45N7O6/c51-30-6-7-32-37(18-30)55-25-34(27-4-2-1-3-5-27)39(32)28-19-44-43(45-20-28)48-14-12-26(13-15-48)21-47-16-17-49-29(22-47)24-56-40-33-23-50(36-10-11-38(52)46-41(36)53)42(54)31(33)8-9-35(40)49/h1-9,18-20,26,29,34,36,39,51H,10-17,21-25H2,(H,46,52,53)/t29-,34+,36?,39+/m1/s1. The summed E-state index contributed by atoms with van der Waals surface area (Å²) in [7, 11) is 0. The van der Waals surface area contributed by atoms with E-state index < -0.39 is 11.9 Å². The average Bonchev–Trinajstić information content (AvgIpc) is 3.56. The van der Waals surface area contributed by atoms with Gasteiger partial charge in [-0.2, -0.15) is 0 Å². The number of fused-ring (bicyclic) bond motifs is 6. The number of nitrogens with zero attached hydrogens (tertiary/aromatic N) is 6. The molecule has 1 aromatic heterocycles. The van der Waals surface area contributed by atoms with E-state index in [2.05, 4.69) is 44.3 Å². The number of imide groups is 1. The number of amides is 3. The fourth-order valence-electron chi connectivity index (χ4n) is 9.85. The molecule has 13 heteroatoms. The fourth-order valence-corrected chi connectivity index (χ4v) is 9.85. The van der Waals surface area contributed by atoms with Crippen LogP contribution in [-0.4, -0.2) is 107 Å². The van der Waals surface area contributed by atoms with E-state index >= 15 is 0 Å². The number of aromatic nitrogens is 2. The van der Waals surface area contributed by atoms with E-state index in [1.165, 1.54) is 5.56 Å². The lowest BCUT2D eigenvalue weighted by Gasteiger charge is -2.47. The van der Waals surface area contributed by atoms with Crippen LogP contribution in [0.4, 0.5) is 11.6 Å². The zero-order chi connectivity index (χ0) is 37.9. The van der Waals surface area contributed by atoms with Gasteiger partial charge < -0.3 is 29.3 Å². The van der Waals surface area contributed by atoms with E-state index in [9.17, 15) is 19.5 Å². The van der Waals surface area contributed by atoms with Crippen molar-refractivity contribution in [3.63, 3.8) is 0 Å². The summed E-state index contributed by atoms with van der Waals surface area (Å²) >= 11 is 0. The second-order valence-corrected chi connectivity index (χ2v) is 16.0. The predicted molar refractivity (Wildman–Crippen MR) is 207 cm³/mol. The van der Waals surface area contributed by atoms with Crippen molar-refractivity contribution in [2.75, 3.05) is 62.3 Å². The summed E-state index contributed by atoms with van der Waals surface area (Å²) in [4.78, 5) is 56.4. The number of piperazine rings is 1. The minimum Gasteiger partial charge on any atom is -0.508 e. The first-order valence-electron chi connectivity index (χ1n) is 19.9. The van der Waals surface area contributed by atoms with Crippen molar-refractivity contribution in [1.29, 1.82) is 0 Å². The van der Waals surface area contributed by atoms with Gasteiger partial charge in [-0.3, -0.25) is 24.6 Å². The van der Waals surface area contributed by atoms with Crippen molar-refractivity contribution >= 4 is 29.4 Å². The molecule has 1 unspecified atom stereocenters. The molecule has 2 N–H and O–H groups in total. The number of nitrogens with one attached hydrogen (secondary N) is 1. The van der Waals surface area contributed by atoms with Crippen LogP contribution in [0.5, 0.6) is 17.2 Å².